The number of nitrogens with two attached hydrogens (primary N) is 1. The lowest BCUT2D eigenvalue weighted by Gasteiger charge is -2.34. The number of hydrogen-bond donors (Lipinski definition) is 1. The highest BCUT2D eigenvalue weighted by molar-refractivity contribution is 7.09. The second kappa shape index (κ2) is 6.73. The molecule has 0 aliphatic carbocycles. The monoisotopic (exact) mass is 336 g/mol. The Labute approximate surface area is 138 Å². The molecule has 1 amide bonds. The van der Waals surface area contributed by atoms with Crippen LogP contribution in [0, 0.1) is 0 Å². The number of primary amides is 1. The lowest BCUT2D eigenvalue weighted by molar-refractivity contribution is -0.0707. The quantitative estimate of drug-likeness (QED) is 0.853. The van der Waals surface area contributed by atoms with Gasteiger partial charge in [-0.05, 0) is 13.8 Å². The van der Waals surface area contributed by atoms with E-state index in [1.165, 1.54) is 11.3 Å². The summed E-state index contributed by atoms with van der Waals surface area (Å²) in [4.78, 5) is 17.6. The van der Waals surface area contributed by atoms with Crippen LogP contribution in [-0.4, -0.2) is 56.1 Å². The summed E-state index contributed by atoms with van der Waals surface area (Å²) in [6.07, 6.45) is 2.38. The third kappa shape index (κ3) is 4.12. The molecule has 2 atom stereocenters. The number of morpholine rings is 1. The van der Waals surface area contributed by atoms with Crippen LogP contribution in [0.25, 0.3) is 0 Å². The minimum atomic E-state index is -0.512. The van der Waals surface area contributed by atoms with E-state index in [9.17, 15) is 4.79 Å². The zero-order chi connectivity index (χ0) is 16.4. The normalized spacial score (nSPS) is 22.3. The van der Waals surface area contributed by atoms with Crippen molar-refractivity contribution in [1.29, 1.82) is 0 Å². The van der Waals surface area contributed by atoms with Crippen LogP contribution in [0.3, 0.4) is 0 Å². The summed E-state index contributed by atoms with van der Waals surface area (Å²) < 4.78 is 7.46. The highest BCUT2D eigenvalue weighted by Crippen LogP contribution is 2.14. The van der Waals surface area contributed by atoms with Gasteiger partial charge in [0.25, 0.3) is 5.91 Å². The molecule has 8 nitrogen and oxygen atoms in total. The van der Waals surface area contributed by atoms with Gasteiger partial charge in [0.15, 0.2) is 0 Å². The molecular weight excluding hydrogens is 316 g/mol. The Balaban J connectivity index is 1.60. The Morgan fingerprint density at radius 2 is 2.13 bits per heavy atom. The van der Waals surface area contributed by atoms with Crippen LogP contribution in [-0.2, 0) is 17.8 Å². The molecule has 1 aliphatic rings. The second-order valence-corrected chi connectivity index (χ2v) is 6.79. The van der Waals surface area contributed by atoms with Crippen molar-refractivity contribution < 1.29 is 9.53 Å². The van der Waals surface area contributed by atoms with Gasteiger partial charge in [0.1, 0.15) is 10.7 Å². The minimum Gasteiger partial charge on any atom is -0.373 e. The molecule has 0 aromatic carbocycles. The van der Waals surface area contributed by atoms with E-state index in [0.717, 1.165) is 30.3 Å². The molecular formula is C14H20N6O2S. The van der Waals surface area contributed by atoms with Crippen LogP contribution < -0.4 is 5.73 Å². The van der Waals surface area contributed by atoms with Crippen LogP contribution in [0.2, 0.25) is 0 Å². The molecule has 2 aromatic rings. The third-order valence-corrected chi connectivity index (χ3v) is 4.40. The van der Waals surface area contributed by atoms with E-state index in [1.807, 2.05) is 6.20 Å². The first-order valence-electron chi connectivity index (χ1n) is 7.50. The molecule has 1 aliphatic heterocycles. The fraction of sp³-hybridized carbons (Fsp3) is 0.571. The van der Waals surface area contributed by atoms with Crippen molar-refractivity contribution in [3.8, 4) is 0 Å². The molecule has 23 heavy (non-hydrogen) atoms. The van der Waals surface area contributed by atoms with E-state index < -0.39 is 5.91 Å². The van der Waals surface area contributed by atoms with Gasteiger partial charge in [-0.1, -0.05) is 5.21 Å². The van der Waals surface area contributed by atoms with Crippen molar-refractivity contribution in [2.45, 2.75) is 39.1 Å². The van der Waals surface area contributed by atoms with Gasteiger partial charge in [-0.25, -0.2) is 9.67 Å². The first-order valence-corrected chi connectivity index (χ1v) is 8.38. The van der Waals surface area contributed by atoms with Gasteiger partial charge >= 0.3 is 0 Å². The number of ether oxygens (including phenoxy) is 1. The standard InChI is InChI=1S/C14H20N6O2S/c1-9-3-19(4-10(2)22-9)5-11-6-20(18-17-11)7-13-16-12(8-23-13)14(15)21/h6,8-10H,3-5,7H2,1-2H3,(H2,15,21)/t9-,10+. The van der Waals surface area contributed by atoms with Crippen LogP contribution in [0.1, 0.15) is 35.0 Å². The van der Waals surface area contributed by atoms with Crippen molar-refractivity contribution >= 4 is 17.2 Å². The van der Waals surface area contributed by atoms with Gasteiger partial charge in [0.2, 0.25) is 0 Å². The maximum absolute atomic E-state index is 11.1. The molecule has 0 spiro atoms. The molecule has 0 saturated carbocycles. The Kier molecular flexibility index (Phi) is 4.69. The van der Waals surface area contributed by atoms with Crippen LogP contribution >= 0.6 is 11.3 Å². The van der Waals surface area contributed by atoms with Gasteiger partial charge in [-0.2, -0.15) is 0 Å². The summed E-state index contributed by atoms with van der Waals surface area (Å²) in [7, 11) is 0. The molecule has 2 N–H and O–H groups in total. The van der Waals surface area contributed by atoms with Crippen molar-refractivity contribution in [3.05, 3.63) is 28.0 Å². The van der Waals surface area contributed by atoms with E-state index in [0.29, 0.717) is 12.2 Å². The van der Waals surface area contributed by atoms with Crippen molar-refractivity contribution in [2.24, 2.45) is 5.73 Å². The van der Waals surface area contributed by atoms with Crippen molar-refractivity contribution in [3.63, 3.8) is 0 Å². The number of amides is 1. The van der Waals surface area contributed by atoms with Crippen molar-refractivity contribution in [2.75, 3.05) is 13.1 Å². The zero-order valence-corrected chi connectivity index (χ0v) is 14.0. The summed E-state index contributed by atoms with van der Waals surface area (Å²) in [5.41, 5.74) is 6.41. The SMILES string of the molecule is C[C@@H]1CN(Cc2cn(Cc3nc(C(N)=O)cs3)nn2)C[C@H](C)O1. The summed E-state index contributed by atoms with van der Waals surface area (Å²) in [6, 6.07) is 0. The van der Waals surface area contributed by atoms with Gasteiger partial charge in [0, 0.05) is 25.0 Å². The molecule has 0 bridgehead atoms. The Morgan fingerprint density at radius 1 is 1.39 bits per heavy atom. The molecule has 1 saturated heterocycles. The molecule has 124 valence electrons. The Bertz CT molecular complexity index is 674. The van der Waals surface area contributed by atoms with Crippen molar-refractivity contribution in [1.82, 2.24) is 24.9 Å². The smallest absolute Gasteiger partial charge is 0.268 e. The van der Waals surface area contributed by atoms with Crippen LogP contribution in [0.4, 0.5) is 0 Å². The number of aromatic nitrogens is 4. The summed E-state index contributed by atoms with van der Waals surface area (Å²) in [6.45, 7) is 7.19. The Hall–Kier alpha value is -1.84. The summed E-state index contributed by atoms with van der Waals surface area (Å²) in [5, 5.41) is 10.8. The van der Waals surface area contributed by atoms with E-state index >= 15 is 0 Å². The highest BCUT2D eigenvalue weighted by atomic mass is 32.1. The fourth-order valence-electron chi connectivity index (χ4n) is 2.77. The van der Waals surface area contributed by atoms with Crippen LogP contribution in [0.15, 0.2) is 11.6 Å². The topological polar surface area (TPSA) is 99.2 Å². The fourth-order valence-corrected chi connectivity index (χ4v) is 3.54. The largest absolute Gasteiger partial charge is 0.373 e. The molecule has 0 unspecified atom stereocenters. The zero-order valence-electron chi connectivity index (χ0n) is 13.2. The van der Waals surface area contributed by atoms with Crippen LogP contribution in [0.5, 0.6) is 0 Å². The average Bonchev–Trinajstić information content (AvgIpc) is 3.08. The third-order valence-electron chi connectivity index (χ3n) is 3.57. The minimum absolute atomic E-state index is 0.233. The van der Waals surface area contributed by atoms with Gasteiger partial charge < -0.3 is 10.5 Å². The number of rotatable bonds is 5. The molecule has 0 radical (unpaired) electrons. The van der Waals surface area contributed by atoms with Gasteiger partial charge in [0.05, 0.1) is 30.6 Å². The maximum Gasteiger partial charge on any atom is 0.268 e. The van der Waals surface area contributed by atoms with E-state index in [1.54, 1.807) is 10.1 Å². The number of thiazole rings is 1. The predicted octanol–water partition coefficient (Wildman–Crippen LogP) is 0.491. The number of nitrogens with zero attached hydrogens (tertiary/aromatic N) is 5. The summed E-state index contributed by atoms with van der Waals surface area (Å²) >= 11 is 1.39. The highest BCUT2D eigenvalue weighted by Gasteiger charge is 2.22. The number of hydrogen-bond acceptors (Lipinski definition) is 7. The predicted molar refractivity (Wildman–Crippen MR) is 85.0 cm³/mol. The molecule has 3 rings (SSSR count). The second-order valence-electron chi connectivity index (χ2n) is 5.85. The number of carbonyl (C=O) groups is 1. The van der Waals surface area contributed by atoms with Gasteiger partial charge in [-0.3, -0.25) is 9.69 Å². The molecule has 1 fully saturated rings. The molecule has 3 heterocycles. The first kappa shape index (κ1) is 16.0. The van der Waals surface area contributed by atoms with E-state index in [2.05, 4.69) is 34.0 Å². The molecule has 9 heteroatoms. The Morgan fingerprint density at radius 3 is 2.78 bits per heavy atom. The van der Waals surface area contributed by atoms with E-state index in [-0.39, 0.29) is 12.2 Å². The first-order chi connectivity index (χ1) is 11.0. The summed E-state index contributed by atoms with van der Waals surface area (Å²) in [5.74, 6) is -0.512. The number of carbonyl (C=O) groups excluding carboxylic acids is 1. The average molecular weight is 336 g/mol. The lowest BCUT2D eigenvalue weighted by atomic mass is 10.2. The lowest BCUT2D eigenvalue weighted by Crippen LogP contribution is -2.44. The molecule has 2 aromatic heterocycles. The van der Waals surface area contributed by atoms with E-state index in [4.69, 9.17) is 10.5 Å². The van der Waals surface area contributed by atoms with Gasteiger partial charge in [-0.15, -0.1) is 16.4 Å². The maximum atomic E-state index is 11.1.